The van der Waals surface area contributed by atoms with Gasteiger partial charge in [-0.3, -0.25) is 9.69 Å². The van der Waals surface area contributed by atoms with E-state index in [1.54, 1.807) is 18.2 Å². The zero-order valence-corrected chi connectivity index (χ0v) is 21.6. The quantitative estimate of drug-likeness (QED) is 0.510. The van der Waals surface area contributed by atoms with Gasteiger partial charge in [0.25, 0.3) is 5.91 Å². The highest BCUT2D eigenvalue weighted by molar-refractivity contribution is 5.97. The van der Waals surface area contributed by atoms with E-state index in [9.17, 15) is 13.6 Å². The molecule has 3 aromatic rings. The largest absolute Gasteiger partial charge is 0.493 e. The molecule has 1 amide bonds. The molecule has 0 unspecified atom stereocenters. The molecule has 0 atom stereocenters. The standard InChI is InChI=1S/C28H31F2N5O4/c29-19-4-6-21-24(16-19)38-12-2-1-3-13-39-25-17-20(33-28-32-18-23(30)26(21)34-28)5-7-22(25)27(36)31-8-9-35-10-14-37-15-11-35/h4-7,16-18H,1-3,8-15H2,(H,31,36)(H,32,33,34). The molecule has 2 aromatic carbocycles. The van der Waals surface area contributed by atoms with Gasteiger partial charge in [-0.1, -0.05) is 0 Å². The number of anilines is 2. The normalized spacial score (nSPS) is 16.3. The van der Waals surface area contributed by atoms with Gasteiger partial charge in [-0.25, -0.2) is 18.7 Å². The number of hydrogen-bond donors (Lipinski definition) is 2. The Kier molecular flexibility index (Phi) is 8.79. The van der Waals surface area contributed by atoms with Crippen molar-refractivity contribution in [2.24, 2.45) is 0 Å². The summed E-state index contributed by atoms with van der Waals surface area (Å²) in [5, 5.41) is 6.03. The molecule has 1 fully saturated rings. The smallest absolute Gasteiger partial charge is 0.255 e. The van der Waals surface area contributed by atoms with Gasteiger partial charge in [-0.05, 0) is 43.5 Å². The number of morpholine rings is 1. The lowest BCUT2D eigenvalue weighted by Crippen LogP contribution is -2.41. The summed E-state index contributed by atoms with van der Waals surface area (Å²) in [6, 6.07) is 9.02. The van der Waals surface area contributed by atoms with E-state index in [-0.39, 0.29) is 23.3 Å². The first-order valence-corrected chi connectivity index (χ1v) is 13.1. The van der Waals surface area contributed by atoms with E-state index in [1.165, 1.54) is 18.2 Å². The summed E-state index contributed by atoms with van der Waals surface area (Å²) in [6.07, 6.45) is 3.25. The Morgan fingerprint density at radius 2 is 1.77 bits per heavy atom. The minimum atomic E-state index is -0.661. The highest BCUT2D eigenvalue weighted by Gasteiger charge is 2.18. The lowest BCUT2D eigenvalue weighted by atomic mass is 10.1. The molecular weight excluding hydrogens is 508 g/mol. The summed E-state index contributed by atoms with van der Waals surface area (Å²) in [5.41, 5.74) is 1.31. The second-order valence-electron chi connectivity index (χ2n) is 9.33. The number of benzene rings is 2. The Morgan fingerprint density at radius 1 is 0.974 bits per heavy atom. The van der Waals surface area contributed by atoms with Gasteiger partial charge in [0.1, 0.15) is 23.0 Å². The van der Waals surface area contributed by atoms with Crippen molar-refractivity contribution >= 4 is 17.5 Å². The van der Waals surface area contributed by atoms with Crippen LogP contribution in [-0.2, 0) is 4.74 Å². The Labute approximate surface area is 225 Å². The molecule has 0 saturated carbocycles. The number of halogens is 2. The molecule has 1 aromatic heterocycles. The second-order valence-corrected chi connectivity index (χ2v) is 9.33. The number of fused-ring (bicyclic) bond motifs is 6. The summed E-state index contributed by atoms with van der Waals surface area (Å²) in [7, 11) is 0. The van der Waals surface area contributed by atoms with Crippen molar-refractivity contribution in [3.8, 4) is 22.8 Å². The summed E-state index contributed by atoms with van der Waals surface area (Å²) in [4.78, 5) is 23.7. The first kappa shape index (κ1) is 26.8. The van der Waals surface area contributed by atoms with Crippen molar-refractivity contribution in [3.63, 3.8) is 0 Å². The van der Waals surface area contributed by atoms with E-state index in [0.717, 1.165) is 38.7 Å². The van der Waals surface area contributed by atoms with Crippen molar-refractivity contribution in [3.05, 3.63) is 59.8 Å². The maximum absolute atomic E-state index is 14.8. The van der Waals surface area contributed by atoms with Crippen LogP contribution in [0.4, 0.5) is 20.4 Å². The van der Waals surface area contributed by atoms with E-state index in [1.807, 2.05) is 0 Å². The van der Waals surface area contributed by atoms with Crippen LogP contribution in [0.15, 0.2) is 42.6 Å². The van der Waals surface area contributed by atoms with Gasteiger partial charge in [0.15, 0.2) is 5.82 Å². The molecule has 2 aliphatic rings. The third-order valence-corrected chi connectivity index (χ3v) is 6.55. The Bertz CT molecular complexity index is 1300. The molecule has 3 heterocycles. The van der Waals surface area contributed by atoms with Crippen LogP contribution in [0.2, 0.25) is 0 Å². The van der Waals surface area contributed by atoms with E-state index in [2.05, 4.69) is 25.5 Å². The summed E-state index contributed by atoms with van der Waals surface area (Å²) in [6.45, 7) is 5.09. The molecule has 39 heavy (non-hydrogen) atoms. The van der Waals surface area contributed by atoms with Gasteiger partial charge in [0.05, 0.1) is 38.2 Å². The van der Waals surface area contributed by atoms with Gasteiger partial charge in [0.2, 0.25) is 5.95 Å². The van der Waals surface area contributed by atoms with E-state index in [0.29, 0.717) is 62.0 Å². The van der Waals surface area contributed by atoms with Crippen LogP contribution in [0.1, 0.15) is 29.6 Å². The van der Waals surface area contributed by atoms with Crippen LogP contribution in [0.5, 0.6) is 11.5 Å². The molecule has 11 heteroatoms. The van der Waals surface area contributed by atoms with Gasteiger partial charge >= 0.3 is 0 Å². The number of carbonyl (C=O) groups is 1. The maximum Gasteiger partial charge on any atom is 0.255 e. The van der Waals surface area contributed by atoms with Gasteiger partial charge in [0, 0.05) is 49.6 Å². The minimum absolute atomic E-state index is 0.0117. The third kappa shape index (κ3) is 6.98. The lowest BCUT2D eigenvalue weighted by Gasteiger charge is -2.26. The zero-order chi connectivity index (χ0) is 27.0. The first-order valence-electron chi connectivity index (χ1n) is 13.1. The van der Waals surface area contributed by atoms with Crippen molar-refractivity contribution < 1.29 is 27.8 Å². The molecule has 1 saturated heterocycles. The van der Waals surface area contributed by atoms with Crippen molar-refractivity contribution in [1.82, 2.24) is 20.2 Å². The molecule has 0 aliphatic carbocycles. The van der Waals surface area contributed by atoms with Crippen LogP contribution >= 0.6 is 0 Å². The van der Waals surface area contributed by atoms with Crippen LogP contribution in [0.25, 0.3) is 11.3 Å². The predicted molar refractivity (Wildman–Crippen MR) is 142 cm³/mol. The fourth-order valence-electron chi connectivity index (χ4n) is 4.46. The SMILES string of the molecule is O=C(NCCN1CCOCC1)c1ccc2cc1OCCCCCOc1cc(F)ccc1-c1nc(ncc1F)N2. The molecule has 5 rings (SSSR count). The molecule has 2 N–H and O–H groups in total. The molecule has 0 radical (unpaired) electrons. The fraction of sp³-hybridized carbons (Fsp3) is 0.393. The average Bonchev–Trinajstić information content (AvgIpc) is 2.94. The highest BCUT2D eigenvalue weighted by atomic mass is 19.1. The van der Waals surface area contributed by atoms with Crippen LogP contribution in [0, 0.1) is 11.6 Å². The average molecular weight is 540 g/mol. The Morgan fingerprint density at radius 3 is 2.59 bits per heavy atom. The molecule has 4 bridgehead atoms. The van der Waals surface area contributed by atoms with Gasteiger partial charge in [-0.15, -0.1) is 0 Å². The van der Waals surface area contributed by atoms with Crippen molar-refractivity contribution in [2.45, 2.75) is 19.3 Å². The maximum atomic E-state index is 14.8. The number of amides is 1. The number of ether oxygens (including phenoxy) is 3. The Hall–Kier alpha value is -3.83. The summed E-state index contributed by atoms with van der Waals surface area (Å²) < 4.78 is 45.9. The van der Waals surface area contributed by atoms with Gasteiger partial charge < -0.3 is 24.8 Å². The van der Waals surface area contributed by atoms with Gasteiger partial charge in [-0.2, -0.15) is 0 Å². The highest BCUT2D eigenvalue weighted by Crippen LogP contribution is 2.33. The van der Waals surface area contributed by atoms with Crippen molar-refractivity contribution in [1.29, 1.82) is 0 Å². The molecule has 0 spiro atoms. The number of nitrogens with one attached hydrogen (secondary N) is 2. The minimum Gasteiger partial charge on any atom is -0.493 e. The van der Waals surface area contributed by atoms with Crippen LogP contribution < -0.4 is 20.1 Å². The molecule has 2 aliphatic heterocycles. The summed E-state index contributed by atoms with van der Waals surface area (Å²) >= 11 is 0. The van der Waals surface area contributed by atoms with E-state index in [4.69, 9.17) is 14.2 Å². The Balaban J connectivity index is 1.38. The monoisotopic (exact) mass is 539 g/mol. The summed E-state index contributed by atoms with van der Waals surface area (Å²) in [5.74, 6) is -0.601. The predicted octanol–water partition coefficient (Wildman–Crippen LogP) is 4.17. The zero-order valence-electron chi connectivity index (χ0n) is 21.6. The van der Waals surface area contributed by atoms with E-state index >= 15 is 0 Å². The van der Waals surface area contributed by atoms with E-state index < -0.39 is 11.6 Å². The number of hydrogen-bond acceptors (Lipinski definition) is 8. The third-order valence-electron chi connectivity index (χ3n) is 6.55. The van der Waals surface area contributed by atoms with Crippen LogP contribution in [0.3, 0.4) is 0 Å². The number of aromatic nitrogens is 2. The van der Waals surface area contributed by atoms with Crippen LogP contribution in [-0.4, -0.2) is 73.4 Å². The number of rotatable bonds is 4. The first-order chi connectivity index (χ1) is 19.1. The lowest BCUT2D eigenvalue weighted by molar-refractivity contribution is 0.0383. The topological polar surface area (TPSA) is 97.8 Å². The second kappa shape index (κ2) is 12.8. The molecule has 206 valence electrons. The fourth-order valence-corrected chi connectivity index (χ4v) is 4.46. The molecule has 9 nitrogen and oxygen atoms in total. The number of nitrogens with zero attached hydrogens (tertiary/aromatic N) is 3. The number of carbonyl (C=O) groups excluding carboxylic acids is 1. The van der Waals surface area contributed by atoms with Crippen molar-refractivity contribution in [2.75, 3.05) is 57.9 Å². The molecular formula is C28H31F2N5O4.